The van der Waals surface area contributed by atoms with Crippen LogP contribution in [-0.2, 0) is 0 Å². The van der Waals surface area contributed by atoms with Gasteiger partial charge in [0.25, 0.3) is 5.91 Å². The Balaban J connectivity index is 1.84. The fourth-order valence-corrected chi connectivity index (χ4v) is 2.41. The van der Waals surface area contributed by atoms with E-state index in [1.165, 1.54) is 18.2 Å². The van der Waals surface area contributed by atoms with E-state index in [0.717, 1.165) is 38.9 Å². The molecule has 19 heavy (non-hydrogen) atoms. The number of halogens is 1. The lowest BCUT2D eigenvalue weighted by Gasteiger charge is -2.31. The van der Waals surface area contributed by atoms with Crippen molar-refractivity contribution < 1.29 is 9.18 Å². The Kier molecular flexibility index (Phi) is 4.85. The van der Waals surface area contributed by atoms with Crippen molar-refractivity contribution in [3.8, 4) is 0 Å². The summed E-state index contributed by atoms with van der Waals surface area (Å²) in [7, 11) is 0. The molecule has 1 aliphatic rings. The summed E-state index contributed by atoms with van der Waals surface area (Å²) >= 11 is 0. The number of nitrogens with zero attached hydrogens (tertiary/aromatic N) is 2. The molecule has 0 aliphatic carbocycles. The summed E-state index contributed by atoms with van der Waals surface area (Å²) in [4.78, 5) is 17.9. The highest BCUT2D eigenvalue weighted by atomic mass is 19.1. The van der Waals surface area contributed by atoms with Gasteiger partial charge in [0.2, 0.25) is 5.95 Å². The van der Waals surface area contributed by atoms with Gasteiger partial charge in [-0.15, -0.1) is 0 Å². The second-order valence-corrected chi connectivity index (χ2v) is 4.93. The van der Waals surface area contributed by atoms with Crippen molar-refractivity contribution >= 4 is 5.91 Å². The zero-order valence-electron chi connectivity index (χ0n) is 11.2. The van der Waals surface area contributed by atoms with Crippen molar-refractivity contribution in [2.24, 2.45) is 0 Å². The van der Waals surface area contributed by atoms with E-state index in [1.807, 2.05) is 0 Å². The molecule has 1 amide bonds. The minimum absolute atomic E-state index is 0.149. The van der Waals surface area contributed by atoms with E-state index in [2.05, 4.69) is 22.1 Å². The summed E-state index contributed by atoms with van der Waals surface area (Å²) < 4.78 is 12.9. The van der Waals surface area contributed by atoms with E-state index in [-0.39, 0.29) is 17.6 Å². The number of likely N-dealkylation sites (tertiary alicyclic amines) is 1. The van der Waals surface area contributed by atoms with Crippen molar-refractivity contribution in [1.82, 2.24) is 15.2 Å². The lowest BCUT2D eigenvalue weighted by molar-refractivity contribution is 0.0905. The van der Waals surface area contributed by atoms with E-state index in [9.17, 15) is 9.18 Å². The van der Waals surface area contributed by atoms with E-state index >= 15 is 0 Å². The molecule has 0 aromatic carbocycles. The number of piperidine rings is 1. The molecular weight excluding hydrogens is 245 g/mol. The van der Waals surface area contributed by atoms with Crippen LogP contribution in [0.4, 0.5) is 4.39 Å². The van der Waals surface area contributed by atoms with Crippen LogP contribution in [0.5, 0.6) is 0 Å². The molecule has 1 aliphatic heterocycles. The van der Waals surface area contributed by atoms with Gasteiger partial charge in [-0.3, -0.25) is 4.79 Å². The van der Waals surface area contributed by atoms with Crippen molar-refractivity contribution in [2.75, 3.05) is 19.6 Å². The standard InChI is InChI=1S/C14H20FN3O/c1-2-8-18-9-6-11(7-10-18)16-14(19)12-4-3-5-13(15)17-12/h3-5,11H,2,6-10H2,1H3,(H,16,19). The fourth-order valence-electron chi connectivity index (χ4n) is 2.41. The van der Waals surface area contributed by atoms with Crippen molar-refractivity contribution in [2.45, 2.75) is 32.2 Å². The Morgan fingerprint density at radius 3 is 2.84 bits per heavy atom. The Hall–Kier alpha value is -1.49. The number of nitrogens with one attached hydrogen (secondary N) is 1. The van der Waals surface area contributed by atoms with Crippen LogP contribution < -0.4 is 5.32 Å². The minimum Gasteiger partial charge on any atom is -0.348 e. The third kappa shape index (κ3) is 3.99. The number of carbonyl (C=O) groups is 1. The lowest BCUT2D eigenvalue weighted by Crippen LogP contribution is -2.45. The van der Waals surface area contributed by atoms with Gasteiger partial charge in [-0.25, -0.2) is 4.98 Å². The molecular formula is C14H20FN3O. The van der Waals surface area contributed by atoms with Gasteiger partial charge in [-0.05, 0) is 37.9 Å². The zero-order chi connectivity index (χ0) is 13.7. The van der Waals surface area contributed by atoms with Gasteiger partial charge in [0, 0.05) is 19.1 Å². The monoisotopic (exact) mass is 265 g/mol. The highest BCUT2D eigenvalue weighted by Crippen LogP contribution is 2.11. The molecule has 0 unspecified atom stereocenters. The molecule has 0 bridgehead atoms. The normalized spacial score (nSPS) is 17.4. The van der Waals surface area contributed by atoms with E-state index < -0.39 is 5.95 Å². The van der Waals surface area contributed by atoms with Crippen molar-refractivity contribution in [1.29, 1.82) is 0 Å². The summed E-state index contributed by atoms with van der Waals surface area (Å²) in [6, 6.07) is 4.44. The summed E-state index contributed by atoms with van der Waals surface area (Å²) in [5, 5.41) is 2.93. The summed E-state index contributed by atoms with van der Waals surface area (Å²) in [5.74, 6) is -0.904. The predicted molar refractivity (Wildman–Crippen MR) is 71.4 cm³/mol. The summed E-state index contributed by atoms with van der Waals surface area (Å²) in [6.07, 6.45) is 3.05. The second kappa shape index (κ2) is 6.61. The minimum atomic E-state index is -0.620. The van der Waals surface area contributed by atoms with Crippen molar-refractivity contribution in [3.05, 3.63) is 29.8 Å². The number of amides is 1. The number of hydrogen-bond acceptors (Lipinski definition) is 3. The first-order valence-corrected chi connectivity index (χ1v) is 6.85. The number of hydrogen-bond donors (Lipinski definition) is 1. The third-order valence-electron chi connectivity index (χ3n) is 3.41. The molecule has 1 N–H and O–H groups in total. The van der Waals surface area contributed by atoms with Gasteiger partial charge in [0.15, 0.2) is 0 Å². The SMILES string of the molecule is CCCN1CCC(NC(=O)c2cccc(F)n2)CC1. The molecule has 0 saturated carbocycles. The fraction of sp³-hybridized carbons (Fsp3) is 0.571. The first-order valence-electron chi connectivity index (χ1n) is 6.85. The van der Waals surface area contributed by atoms with Crippen LogP contribution in [0.15, 0.2) is 18.2 Å². The highest BCUT2D eigenvalue weighted by Gasteiger charge is 2.21. The molecule has 2 heterocycles. The third-order valence-corrected chi connectivity index (χ3v) is 3.41. The molecule has 2 rings (SSSR count). The Bertz CT molecular complexity index is 430. The van der Waals surface area contributed by atoms with Crippen LogP contribution in [0, 0.1) is 5.95 Å². The quantitative estimate of drug-likeness (QED) is 0.845. The molecule has 1 saturated heterocycles. The first-order chi connectivity index (χ1) is 9.19. The van der Waals surface area contributed by atoms with Crippen LogP contribution in [0.25, 0.3) is 0 Å². The van der Waals surface area contributed by atoms with E-state index in [0.29, 0.717) is 0 Å². The maximum atomic E-state index is 12.9. The maximum absolute atomic E-state index is 12.9. The maximum Gasteiger partial charge on any atom is 0.270 e. The van der Waals surface area contributed by atoms with Crippen LogP contribution in [0.1, 0.15) is 36.7 Å². The Morgan fingerprint density at radius 1 is 1.47 bits per heavy atom. The van der Waals surface area contributed by atoms with Crippen molar-refractivity contribution in [3.63, 3.8) is 0 Å². The molecule has 5 heteroatoms. The van der Waals surface area contributed by atoms with Crippen LogP contribution in [-0.4, -0.2) is 41.5 Å². The van der Waals surface area contributed by atoms with Gasteiger partial charge >= 0.3 is 0 Å². The smallest absolute Gasteiger partial charge is 0.270 e. The molecule has 0 radical (unpaired) electrons. The van der Waals surface area contributed by atoms with Gasteiger partial charge in [-0.1, -0.05) is 13.0 Å². The molecule has 0 atom stereocenters. The lowest BCUT2D eigenvalue weighted by atomic mass is 10.0. The first kappa shape index (κ1) is 13.9. The zero-order valence-corrected chi connectivity index (χ0v) is 11.2. The Morgan fingerprint density at radius 2 is 2.21 bits per heavy atom. The second-order valence-electron chi connectivity index (χ2n) is 4.93. The van der Waals surface area contributed by atoms with Crippen LogP contribution in [0.3, 0.4) is 0 Å². The largest absolute Gasteiger partial charge is 0.348 e. The van der Waals surface area contributed by atoms with Crippen LogP contribution in [0.2, 0.25) is 0 Å². The summed E-state index contributed by atoms with van der Waals surface area (Å²) in [5.41, 5.74) is 0.149. The average molecular weight is 265 g/mol. The van der Waals surface area contributed by atoms with E-state index in [1.54, 1.807) is 0 Å². The highest BCUT2D eigenvalue weighted by molar-refractivity contribution is 5.92. The van der Waals surface area contributed by atoms with E-state index in [4.69, 9.17) is 0 Å². The number of aromatic nitrogens is 1. The number of rotatable bonds is 4. The molecule has 0 spiro atoms. The van der Waals surface area contributed by atoms with Crippen LogP contribution >= 0.6 is 0 Å². The predicted octanol–water partition coefficient (Wildman–Crippen LogP) is 1.82. The molecule has 1 fully saturated rings. The molecule has 104 valence electrons. The number of pyridine rings is 1. The summed E-state index contributed by atoms with van der Waals surface area (Å²) in [6.45, 7) is 5.31. The molecule has 4 nitrogen and oxygen atoms in total. The molecule has 1 aromatic rings. The van der Waals surface area contributed by atoms with Gasteiger partial charge in [-0.2, -0.15) is 4.39 Å². The average Bonchev–Trinajstić information content (AvgIpc) is 2.41. The van der Waals surface area contributed by atoms with Gasteiger partial charge < -0.3 is 10.2 Å². The Labute approximate surface area is 113 Å². The van der Waals surface area contributed by atoms with Gasteiger partial charge in [0.05, 0.1) is 0 Å². The topological polar surface area (TPSA) is 45.2 Å². The number of carbonyl (C=O) groups excluding carboxylic acids is 1. The molecule has 1 aromatic heterocycles. The van der Waals surface area contributed by atoms with Gasteiger partial charge in [0.1, 0.15) is 5.69 Å².